The van der Waals surface area contributed by atoms with Crippen LogP contribution in [0.4, 0.5) is 5.69 Å². The average Bonchev–Trinajstić information content (AvgIpc) is 2.85. The van der Waals surface area contributed by atoms with E-state index in [1.807, 2.05) is 26.0 Å². The van der Waals surface area contributed by atoms with Crippen molar-refractivity contribution in [2.45, 2.75) is 52.1 Å². The maximum Gasteiger partial charge on any atom is 0.242 e. The van der Waals surface area contributed by atoms with Gasteiger partial charge in [-0.25, -0.2) is 8.42 Å². The largest absolute Gasteiger partial charge is 0.497 e. The van der Waals surface area contributed by atoms with E-state index in [0.29, 0.717) is 35.8 Å². The second-order valence-electron chi connectivity index (χ2n) is 8.50. The summed E-state index contributed by atoms with van der Waals surface area (Å²) in [5, 5.41) is 3.47. The lowest BCUT2D eigenvalue weighted by molar-refractivity contribution is -0.141. The summed E-state index contributed by atoms with van der Waals surface area (Å²) >= 11 is 6.01. The monoisotopic (exact) mass is 537 g/mol. The zero-order chi connectivity index (χ0) is 26.7. The van der Waals surface area contributed by atoms with Crippen molar-refractivity contribution in [3.05, 3.63) is 59.1 Å². The van der Waals surface area contributed by atoms with Crippen LogP contribution in [-0.4, -0.2) is 57.6 Å². The third-order valence-corrected chi connectivity index (χ3v) is 7.16. The van der Waals surface area contributed by atoms with Crippen molar-refractivity contribution in [3.63, 3.8) is 0 Å². The topological polar surface area (TPSA) is 96.0 Å². The summed E-state index contributed by atoms with van der Waals surface area (Å²) in [6.45, 7) is 4.75. The van der Waals surface area contributed by atoms with Gasteiger partial charge in [-0.2, -0.15) is 0 Å². The van der Waals surface area contributed by atoms with Crippen molar-refractivity contribution < 1.29 is 22.7 Å². The lowest BCUT2D eigenvalue weighted by Crippen LogP contribution is -2.49. The summed E-state index contributed by atoms with van der Waals surface area (Å²) in [6, 6.07) is 13.2. The first kappa shape index (κ1) is 29.5. The van der Waals surface area contributed by atoms with Gasteiger partial charge >= 0.3 is 0 Å². The molecule has 36 heavy (non-hydrogen) atoms. The lowest BCUT2D eigenvalue weighted by Gasteiger charge is -2.31. The van der Waals surface area contributed by atoms with E-state index < -0.39 is 16.1 Å². The highest BCUT2D eigenvalue weighted by Crippen LogP contribution is 2.23. The predicted molar refractivity (Wildman–Crippen MR) is 144 cm³/mol. The molecule has 0 spiro atoms. The fourth-order valence-electron chi connectivity index (χ4n) is 3.82. The summed E-state index contributed by atoms with van der Waals surface area (Å²) < 4.78 is 31.3. The number of hydrogen-bond acceptors (Lipinski definition) is 5. The van der Waals surface area contributed by atoms with Crippen LogP contribution >= 0.6 is 11.6 Å². The van der Waals surface area contributed by atoms with Crippen LogP contribution in [-0.2, 0) is 26.2 Å². The Morgan fingerprint density at radius 1 is 1.06 bits per heavy atom. The fourth-order valence-corrected chi connectivity index (χ4v) is 4.92. The minimum atomic E-state index is -3.56. The number of benzene rings is 2. The quantitative estimate of drug-likeness (QED) is 0.389. The molecule has 0 heterocycles. The molecule has 2 rings (SSSR count). The Hall–Kier alpha value is -2.78. The van der Waals surface area contributed by atoms with Crippen molar-refractivity contribution in [3.8, 4) is 5.75 Å². The number of methoxy groups -OCH3 is 1. The average molecular weight is 538 g/mol. The second-order valence-corrected chi connectivity index (χ2v) is 10.8. The Balaban J connectivity index is 2.18. The summed E-state index contributed by atoms with van der Waals surface area (Å²) in [5.41, 5.74) is 1.35. The SMILES string of the molecule is CCCNC(=O)[C@@H](CC)N(Cc1ccc(Cl)cc1)C(=O)CCCN(c1ccc(OC)cc1)S(C)(=O)=O. The molecule has 0 aliphatic carbocycles. The van der Waals surface area contributed by atoms with Gasteiger partial charge in [0.1, 0.15) is 11.8 Å². The molecule has 0 aliphatic heterocycles. The van der Waals surface area contributed by atoms with Crippen LogP contribution in [0.25, 0.3) is 0 Å². The number of halogens is 1. The minimum Gasteiger partial charge on any atom is -0.497 e. The molecule has 1 N–H and O–H groups in total. The van der Waals surface area contributed by atoms with E-state index in [0.717, 1.165) is 18.2 Å². The maximum atomic E-state index is 13.4. The van der Waals surface area contributed by atoms with Gasteiger partial charge in [0, 0.05) is 31.1 Å². The third-order valence-electron chi connectivity index (χ3n) is 5.71. The van der Waals surface area contributed by atoms with Gasteiger partial charge in [-0.1, -0.05) is 37.6 Å². The van der Waals surface area contributed by atoms with E-state index in [4.69, 9.17) is 16.3 Å². The van der Waals surface area contributed by atoms with Crippen LogP contribution in [0.5, 0.6) is 5.75 Å². The van der Waals surface area contributed by atoms with E-state index in [1.54, 1.807) is 41.3 Å². The Morgan fingerprint density at radius 2 is 1.69 bits per heavy atom. The molecule has 2 aromatic carbocycles. The van der Waals surface area contributed by atoms with Crippen molar-refractivity contribution in [1.29, 1.82) is 0 Å². The molecule has 0 saturated heterocycles. The van der Waals surface area contributed by atoms with Crippen LogP contribution in [0, 0.1) is 0 Å². The number of ether oxygens (including phenoxy) is 1. The van der Waals surface area contributed by atoms with Gasteiger partial charge < -0.3 is 15.0 Å². The molecular formula is C26H36ClN3O5S. The summed E-state index contributed by atoms with van der Waals surface area (Å²) in [4.78, 5) is 27.8. The molecule has 8 nitrogen and oxygen atoms in total. The molecule has 198 valence electrons. The summed E-state index contributed by atoms with van der Waals surface area (Å²) in [7, 11) is -2.02. The van der Waals surface area contributed by atoms with E-state index in [9.17, 15) is 18.0 Å². The van der Waals surface area contributed by atoms with E-state index in [2.05, 4.69) is 5.32 Å². The summed E-state index contributed by atoms with van der Waals surface area (Å²) in [5.74, 6) is 0.205. The molecule has 0 aliphatic rings. The van der Waals surface area contributed by atoms with Gasteiger partial charge in [-0.05, 0) is 61.2 Å². The van der Waals surface area contributed by atoms with Gasteiger partial charge in [0.25, 0.3) is 0 Å². The van der Waals surface area contributed by atoms with Crippen molar-refractivity contribution >= 4 is 39.1 Å². The smallest absolute Gasteiger partial charge is 0.242 e. The number of amides is 2. The number of carbonyl (C=O) groups excluding carboxylic acids is 2. The lowest BCUT2D eigenvalue weighted by atomic mass is 10.1. The number of hydrogen-bond donors (Lipinski definition) is 1. The molecule has 0 bridgehead atoms. The van der Waals surface area contributed by atoms with Gasteiger partial charge in [-0.3, -0.25) is 13.9 Å². The second kappa shape index (κ2) is 14.1. The fraction of sp³-hybridized carbons (Fsp3) is 0.462. The van der Waals surface area contributed by atoms with Crippen LogP contribution in [0.15, 0.2) is 48.5 Å². The number of rotatable bonds is 14. The molecule has 2 aromatic rings. The minimum absolute atomic E-state index is 0.0906. The van der Waals surface area contributed by atoms with E-state index in [-0.39, 0.29) is 31.3 Å². The zero-order valence-electron chi connectivity index (χ0n) is 21.4. The van der Waals surface area contributed by atoms with E-state index in [1.165, 1.54) is 11.4 Å². The highest BCUT2D eigenvalue weighted by molar-refractivity contribution is 7.92. The van der Waals surface area contributed by atoms with E-state index >= 15 is 0 Å². The number of nitrogens with one attached hydrogen (secondary N) is 1. The molecule has 1 atom stereocenters. The first-order valence-corrected chi connectivity index (χ1v) is 14.3. The Kier molecular flexibility index (Phi) is 11.5. The predicted octanol–water partition coefficient (Wildman–Crippen LogP) is 4.23. The summed E-state index contributed by atoms with van der Waals surface area (Å²) in [6.07, 6.45) is 2.77. The number of sulfonamides is 1. The zero-order valence-corrected chi connectivity index (χ0v) is 22.9. The van der Waals surface area contributed by atoms with Crippen molar-refractivity contribution in [2.75, 3.05) is 30.8 Å². The molecule has 10 heteroatoms. The van der Waals surface area contributed by atoms with Crippen LogP contribution in [0.2, 0.25) is 5.02 Å². The third kappa shape index (κ3) is 8.71. The van der Waals surface area contributed by atoms with Crippen LogP contribution in [0.1, 0.15) is 45.1 Å². The van der Waals surface area contributed by atoms with Gasteiger partial charge in [0.05, 0.1) is 19.1 Å². The standard InChI is InChI=1S/C26H36ClN3O5S/c1-5-17-28-26(32)24(6-2)29(19-20-9-11-21(27)12-10-20)25(31)8-7-18-30(36(4,33)34)22-13-15-23(35-3)16-14-22/h9-16,24H,5-8,17-19H2,1-4H3,(H,28,32)/t24-/m1/s1. The van der Waals surface area contributed by atoms with Gasteiger partial charge in [0.2, 0.25) is 21.8 Å². The van der Waals surface area contributed by atoms with Crippen LogP contribution < -0.4 is 14.4 Å². The molecule has 0 aromatic heterocycles. The van der Waals surface area contributed by atoms with Gasteiger partial charge in [-0.15, -0.1) is 0 Å². The highest BCUT2D eigenvalue weighted by Gasteiger charge is 2.28. The first-order chi connectivity index (χ1) is 17.1. The van der Waals surface area contributed by atoms with Gasteiger partial charge in [0.15, 0.2) is 0 Å². The molecule has 2 amide bonds. The number of nitrogens with zero attached hydrogens (tertiary/aromatic N) is 2. The molecule has 0 saturated carbocycles. The Morgan fingerprint density at radius 3 is 2.22 bits per heavy atom. The van der Waals surface area contributed by atoms with Crippen molar-refractivity contribution in [2.24, 2.45) is 0 Å². The maximum absolute atomic E-state index is 13.4. The van der Waals surface area contributed by atoms with Crippen LogP contribution in [0.3, 0.4) is 0 Å². The number of anilines is 1. The molecule has 0 fully saturated rings. The Labute approximate surface area is 219 Å². The Bertz CT molecular complexity index is 1090. The molecule has 0 unspecified atom stereocenters. The normalized spacial score (nSPS) is 12.0. The van der Waals surface area contributed by atoms with Crippen molar-refractivity contribution in [1.82, 2.24) is 10.2 Å². The molecular weight excluding hydrogens is 502 g/mol. The highest BCUT2D eigenvalue weighted by atomic mass is 35.5. The first-order valence-electron chi connectivity index (χ1n) is 12.0. The molecule has 0 radical (unpaired) electrons. The number of carbonyl (C=O) groups is 2.